The van der Waals surface area contributed by atoms with E-state index in [1.807, 2.05) is 0 Å². The summed E-state index contributed by atoms with van der Waals surface area (Å²) in [5.41, 5.74) is 6.28. The second-order valence-electron chi connectivity index (χ2n) is 3.43. The summed E-state index contributed by atoms with van der Waals surface area (Å²) in [5.74, 6) is 0.789. The highest BCUT2D eigenvalue weighted by Gasteiger charge is 2.51. The van der Waals surface area contributed by atoms with Gasteiger partial charge in [0.1, 0.15) is 0 Å². The molecule has 60 valence electrons. The SMILES string of the molecule is Cl.NCC1CNCC12CC2. The molecule has 1 spiro atoms. The Hall–Kier alpha value is 0.210. The van der Waals surface area contributed by atoms with Gasteiger partial charge in [-0.3, -0.25) is 0 Å². The van der Waals surface area contributed by atoms with Gasteiger partial charge in [-0.15, -0.1) is 12.4 Å². The van der Waals surface area contributed by atoms with Crippen LogP contribution < -0.4 is 11.1 Å². The molecule has 0 amide bonds. The molecule has 1 unspecified atom stereocenters. The van der Waals surface area contributed by atoms with Gasteiger partial charge in [0, 0.05) is 6.54 Å². The molecule has 1 saturated carbocycles. The molecule has 3 N–H and O–H groups in total. The zero-order valence-corrected chi connectivity index (χ0v) is 6.91. The van der Waals surface area contributed by atoms with E-state index < -0.39 is 0 Å². The summed E-state index contributed by atoms with van der Waals surface area (Å²) in [6, 6.07) is 0. The van der Waals surface area contributed by atoms with Crippen LogP contribution in [0, 0.1) is 11.3 Å². The van der Waals surface area contributed by atoms with Gasteiger partial charge in [0.05, 0.1) is 0 Å². The van der Waals surface area contributed by atoms with Gasteiger partial charge in [-0.1, -0.05) is 0 Å². The number of halogens is 1. The summed E-state index contributed by atoms with van der Waals surface area (Å²) in [5, 5.41) is 3.40. The standard InChI is InChI=1S/C7H14N2.ClH/c8-3-6-4-9-5-7(6)1-2-7;/h6,9H,1-5,8H2;1H. The van der Waals surface area contributed by atoms with Crippen LogP contribution in [-0.4, -0.2) is 19.6 Å². The molecule has 1 atom stereocenters. The summed E-state index contributed by atoms with van der Waals surface area (Å²) in [7, 11) is 0. The van der Waals surface area contributed by atoms with Gasteiger partial charge in [-0.05, 0) is 37.3 Å². The minimum Gasteiger partial charge on any atom is -0.330 e. The average Bonchev–Trinajstić information content (AvgIpc) is 2.45. The molecule has 2 rings (SSSR count). The molecular formula is C7H15ClN2. The van der Waals surface area contributed by atoms with E-state index in [1.165, 1.54) is 19.4 Å². The molecule has 2 fully saturated rings. The Labute approximate surface area is 68.0 Å². The van der Waals surface area contributed by atoms with Gasteiger partial charge in [0.15, 0.2) is 0 Å². The summed E-state index contributed by atoms with van der Waals surface area (Å²) in [6.07, 6.45) is 2.84. The summed E-state index contributed by atoms with van der Waals surface area (Å²) in [6.45, 7) is 3.28. The average molecular weight is 163 g/mol. The van der Waals surface area contributed by atoms with Crippen molar-refractivity contribution >= 4 is 12.4 Å². The van der Waals surface area contributed by atoms with Crippen molar-refractivity contribution in [1.29, 1.82) is 0 Å². The van der Waals surface area contributed by atoms with Crippen molar-refractivity contribution < 1.29 is 0 Å². The normalized spacial score (nSPS) is 33.9. The molecule has 0 aromatic heterocycles. The van der Waals surface area contributed by atoms with Gasteiger partial charge in [-0.25, -0.2) is 0 Å². The Morgan fingerprint density at radius 3 is 2.60 bits per heavy atom. The van der Waals surface area contributed by atoms with Crippen molar-refractivity contribution in [3.63, 3.8) is 0 Å². The smallest absolute Gasteiger partial charge is 0.00116 e. The molecule has 1 aliphatic carbocycles. The van der Waals surface area contributed by atoms with Crippen LogP contribution in [-0.2, 0) is 0 Å². The molecule has 0 radical (unpaired) electrons. The molecule has 1 aliphatic heterocycles. The summed E-state index contributed by atoms with van der Waals surface area (Å²) < 4.78 is 0. The Bertz CT molecular complexity index is 123. The predicted molar refractivity (Wildman–Crippen MR) is 44.3 cm³/mol. The van der Waals surface area contributed by atoms with E-state index in [1.54, 1.807) is 0 Å². The third-order valence-electron chi connectivity index (χ3n) is 2.91. The Kier molecular flexibility index (Phi) is 2.23. The maximum Gasteiger partial charge on any atom is 0.00116 e. The van der Waals surface area contributed by atoms with E-state index in [2.05, 4.69) is 5.32 Å². The van der Waals surface area contributed by atoms with Crippen molar-refractivity contribution in [3.8, 4) is 0 Å². The first-order chi connectivity index (χ1) is 4.37. The van der Waals surface area contributed by atoms with Crippen molar-refractivity contribution in [2.75, 3.05) is 19.6 Å². The highest BCUT2D eigenvalue weighted by Crippen LogP contribution is 2.53. The molecule has 0 bridgehead atoms. The molecule has 0 aromatic rings. The van der Waals surface area contributed by atoms with Gasteiger partial charge in [0.2, 0.25) is 0 Å². The lowest BCUT2D eigenvalue weighted by Gasteiger charge is -2.12. The lowest BCUT2D eigenvalue weighted by molar-refractivity contribution is 0.407. The van der Waals surface area contributed by atoms with E-state index in [-0.39, 0.29) is 12.4 Å². The van der Waals surface area contributed by atoms with E-state index in [9.17, 15) is 0 Å². The van der Waals surface area contributed by atoms with Crippen molar-refractivity contribution in [2.45, 2.75) is 12.8 Å². The summed E-state index contributed by atoms with van der Waals surface area (Å²) >= 11 is 0. The zero-order chi connectivity index (χ0) is 6.32. The maximum absolute atomic E-state index is 5.61. The molecule has 1 heterocycles. The van der Waals surface area contributed by atoms with Crippen LogP contribution in [0.15, 0.2) is 0 Å². The number of rotatable bonds is 1. The minimum absolute atomic E-state index is 0. The topological polar surface area (TPSA) is 38.0 Å². The van der Waals surface area contributed by atoms with Crippen LogP contribution in [0.4, 0.5) is 0 Å². The molecular weight excluding hydrogens is 148 g/mol. The molecule has 2 nitrogen and oxygen atoms in total. The Morgan fingerprint density at radius 1 is 1.50 bits per heavy atom. The number of nitrogens with one attached hydrogen (secondary N) is 1. The highest BCUT2D eigenvalue weighted by molar-refractivity contribution is 5.85. The Balaban J connectivity index is 0.000000500. The van der Waals surface area contributed by atoms with Gasteiger partial charge >= 0.3 is 0 Å². The quantitative estimate of drug-likeness (QED) is 0.585. The van der Waals surface area contributed by atoms with Crippen LogP contribution in [0.2, 0.25) is 0 Å². The first-order valence-electron chi connectivity index (χ1n) is 3.78. The largest absolute Gasteiger partial charge is 0.330 e. The fourth-order valence-corrected chi connectivity index (χ4v) is 1.94. The van der Waals surface area contributed by atoms with E-state index in [4.69, 9.17) is 5.73 Å². The number of hydrogen-bond acceptors (Lipinski definition) is 2. The third-order valence-corrected chi connectivity index (χ3v) is 2.91. The predicted octanol–water partition coefficient (Wildman–Crippen LogP) is 0.366. The van der Waals surface area contributed by atoms with Gasteiger partial charge in [-0.2, -0.15) is 0 Å². The molecule has 0 aromatic carbocycles. The van der Waals surface area contributed by atoms with Crippen LogP contribution in [0.1, 0.15) is 12.8 Å². The van der Waals surface area contributed by atoms with Gasteiger partial charge < -0.3 is 11.1 Å². The second-order valence-corrected chi connectivity index (χ2v) is 3.43. The van der Waals surface area contributed by atoms with E-state index in [0.717, 1.165) is 19.0 Å². The fourth-order valence-electron chi connectivity index (χ4n) is 1.94. The van der Waals surface area contributed by atoms with E-state index >= 15 is 0 Å². The molecule has 1 saturated heterocycles. The van der Waals surface area contributed by atoms with Crippen LogP contribution in [0.5, 0.6) is 0 Å². The highest BCUT2D eigenvalue weighted by atomic mass is 35.5. The van der Waals surface area contributed by atoms with Crippen LogP contribution in [0.3, 0.4) is 0 Å². The van der Waals surface area contributed by atoms with E-state index in [0.29, 0.717) is 5.41 Å². The number of nitrogens with two attached hydrogens (primary N) is 1. The lowest BCUT2D eigenvalue weighted by atomic mass is 9.93. The van der Waals surface area contributed by atoms with Crippen molar-refractivity contribution in [3.05, 3.63) is 0 Å². The first-order valence-corrected chi connectivity index (χ1v) is 3.78. The minimum atomic E-state index is 0. The summed E-state index contributed by atoms with van der Waals surface area (Å²) in [4.78, 5) is 0. The van der Waals surface area contributed by atoms with Crippen LogP contribution >= 0.6 is 12.4 Å². The molecule has 3 heteroatoms. The molecule has 10 heavy (non-hydrogen) atoms. The van der Waals surface area contributed by atoms with Crippen molar-refractivity contribution in [2.24, 2.45) is 17.1 Å². The monoisotopic (exact) mass is 162 g/mol. The third kappa shape index (κ3) is 1.04. The first kappa shape index (κ1) is 8.31. The Morgan fingerprint density at radius 2 is 2.20 bits per heavy atom. The van der Waals surface area contributed by atoms with Crippen molar-refractivity contribution in [1.82, 2.24) is 5.32 Å². The fraction of sp³-hybridized carbons (Fsp3) is 1.00. The molecule has 2 aliphatic rings. The lowest BCUT2D eigenvalue weighted by Crippen LogP contribution is -2.22. The zero-order valence-electron chi connectivity index (χ0n) is 6.10. The van der Waals surface area contributed by atoms with Crippen LogP contribution in [0.25, 0.3) is 0 Å². The maximum atomic E-state index is 5.61. The van der Waals surface area contributed by atoms with Gasteiger partial charge in [0.25, 0.3) is 0 Å². The number of hydrogen-bond donors (Lipinski definition) is 2. The second kappa shape index (κ2) is 2.68.